The first-order chi connectivity index (χ1) is 11.0. The molecule has 1 aromatic heterocycles. The fraction of sp³-hybridized carbons (Fsp3) is 0.643. The smallest absolute Gasteiger partial charge is 0.330 e. The molecule has 130 valence electrons. The van der Waals surface area contributed by atoms with Crippen molar-refractivity contribution in [3.63, 3.8) is 0 Å². The molecule has 9 nitrogen and oxygen atoms in total. The number of anilines is 2. The molecule has 1 aromatic rings. The van der Waals surface area contributed by atoms with Crippen LogP contribution in [0.4, 0.5) is 16.3 Å². The third-order valence-corrected chi connectivity index (χ3v) is 3.22. The van der Waals surface area contributed by atoms with Gasteiger partial charge in [-0.1, -0.05) is 13.8 Å². The van der Waals surface area contributed by atoms with E-state index in [4.69, 9.17) is 10.5 Å². The van der Waals surface area contributed by atoms with E-state index in [0.717, 1.165) is 6.42 Å². The molecular weight excluding hydrogens is 302 g/mol. The zero-order valence-electron chi connectivity index (χ0n) is 13.8. The second kappa shape index (κ2) is 8.99. The number of nitrogens with zero attached hydrogens (tertiary/aromatic N) is 2. The number of ether oxygens (including phenoxy) is 1. The van der Waals surface area contributed by atoms with Crippen molar-refractivity contribution in [2.45, 2.75) is 33.2 Å². The molecule has 1 rings (SSSR count). The van der Waals surface area contributed by atoms with E-state index in [-0.39, 0.29) is 24.7 Å². The Morgan fingerprint density at radius 2 is 2.04 bits per heavy atom. The highest BCUT2D eigenvalue weighted by Gasteiger charge is 2.23. The Balaban J connectivity index is 3.34. The zero-order valence-corrected chi connectivity index (χ0v) is 13.8. The Hall–Kier alpha value is -2.29. The van der Waals surface area contributed by atoms with Crippen molar-refractivity contribution in [2.75, 3.05) is 37.4 Å². The molecule has 0 aliphatic rings. The van der Waals surface area contributed by atoms with Crippen LogP contribution in [0.3, 0.4) is 0 Å². The highest BCUT2D eigenvalue weighted by molar-refractivity contribution is 5.94. The number of carbonyl (C=O) groups excluding carboxylic acids is 1. The predicted molar refractivity (Wildman–Crippen MR) is 88.9 cm³/mol. The van der Waals surface area contributed by atoms with Crippen molar-refractivity contribution in [2.24, 2.45) is 0 Å². The monoisotopic (exact) mass is 327 g/mol. The number of urea groups is 1. The molecule has 9 heteroatoms. The number of nitrogen functional groups attached to an aromatic ring is 1. The number of nitrogens with two attached hydrogens (primary N) is 1. The van der Waals surface area contributed by atoms with E-state index < -0.39 is 17.3 Å². The molecule has 0 unspecified atom stereocenters. The SMILES string of the molecule is CCCNC(=O)N(CCOC)c1c(N)n(CCC)c(=O)[nH]c1=O. The van der Waals surface area contributed by atoms with E-state index in [1.54, 1.807) is 0 Å². The van der Waals surface area contributed by atoms with Gasteiger partial charge in [0.05, 0.1) is 13.2 Å². The van der Waals surface area contributed by atoms with Gasteiger partial charge in [-0.15, -0.1) is 0 Å². The average Bonchev–Trinajstić information content (AvgIpc) is 2.52. The molecule has 4 N–H and O–H groups in total. The van der Waals surface area contributed by atoms with Crippen LogP contribution in [0.5, 0.6) is 0 Å². The molecule has 0 bridgehead atoms. The Bertz CT molecular complexity index is 637. The number of rotatable bonds is 8. The lowest BCUT2D eigenvalue weighted by Gasteiger charge is -2.24. The minimum atomic E-state index is -0.692. The van der Waals surface area contributed by atoms with Crippen molar-refractivity contribution in [1.29, 1.82) is 0 Å². The Morgan fingerprint density at radius 3 is 2.61 bits per heavy atom. The lowest BCUT2D eigenvalue weighted by molar-refractivity contribution is 0.202. The van der Waals surface area contributed by atoms with Crippen molar-refractivity contribution in [3.8, 4) is 0 Å². The molecule has 0 aliphatic carbocycles. The molecule has 0 aliphatic heterocycles. The number of amides is 2. The lowest BCUT2D eigenvalue weighted by atomic mass is 10.3. The summed E-state index contributed by atoms with van der Waals surface area (Å²) < 4.78 is 6.24. The summed E-state index contributed by atoms with van der Waals surface area (Å²) in [5, 5.41) is 2.70. The number of hydrogen-bond acceptors (Lipinski definition) is 5. The third-order valence-electron chi connectivity index (χ3n) is 3.22. The van der Waals surface area contributed by atoms with Gasteiger partial charge in [-0.25, -0.2) is 9.59 Å². The van der Waals surface area contributed by atoms with Gasteiger partial charge in [0.15, 0.2) is 5.69 Å². The quantitative estimate of drug-likeness (QED) is 0.625. The van der Waals surface area contributed by atoms with Crippen LogP contribution < -0.4 is 27.2 Å². The summed E-state index contributed by atoms with van der Waals surface area (Å²) in [5.41, 5.74) is 4.68. The van der Waals surface area contributed by atoms with Crippen molar-refractivity contribution < 1.29 is 9.53 Å². The van der Waals surface area contributed by atoms with E-state index in [0.29, 0.717) is 19.5 Å². The zero-order chi connectivity index (χ0) is 17.4. The van der Waals surface area contributed by atoms with E-state index in [9.17, 15) is 14.4 Å². The molecule has 2 amide bonds. The van der Waals surface area contributed by atoms with Crippen molar-refractivity contribution in [1.82, 2.24) is 14.9 Å². The number of H-pyrrole nitrogens is 1. The molecule has 0 atom stereocenters. The van der Waals surface area contributed by atoms with Crippen LogP contribution in [-0.4, -0.2) is 42.4 Å². The van der Waals surface area contributed by atoms with Crippen LogP contribution in [0.15, 0.2) is 9.59 Å². The van der Waals surface area contributed by atoms with Gasteiger partial charge in [-0.05, 0) is 12.8 Å². The van der Waals surface area contributed by atoms with Crippen molar-refractivity contribution >= 4 is 17.5 Å². The van der Waals surface area contributed by atoms with Gasteiger partial charge in [-0.2, -0.15) is 0 Å². The molecule has 0 spiro atoms. The molecule has 0 saturated heterocycles. The summed E-state index contributed by atoms with van der Waals surface area (Å²) in [6.07, 6.45) is 1.42. The summed E-state index contributed by atoms with van der Waals surface area (Å²) in [6, 6.07) is -0.456. The number of nitrogens with one attached hydrogen (secondary N) is 2. The van der Waals surface area contributed by atoms with Crippen molar-refractivity contribution in [3.05, 3.63) is 20.8 Å². The maximum absolute atomic E-state index is 12.3. The summed E-state index contributed by atoms with van der Waals surface area (Å²) in [7, 11) is 1.49. The topological polar surface area (TPSA) is 122 Å². The first-order valence-electron chi connectivity index (χ1n) is 7.64. The normalized spacial score (nSPS) is 10.6. The largest absolute Gasteiger partial charge is 0.383 e. The molecule has 0 aromatic carbocycles. The van der Waals surface area contributed by atoms with Crippen LogP contribution in [-0.2, 0) is 11.3 Å². The second-order valence-corrected chi connectivity index (χ2v) is 5.02. The number of hydrogen-bond donors (Lipinski definition) is 3. The number of aromatic nitrogens is 2. The van der Waals surface area contributed by atoms with E-state index in [2.05, 4.69) is 10.3 Å². The number of carbonyl (C=O) groups is 1. The number of methoxy groups -OCH3 is 1. The molecule has 23 heavy (non-hydrogen) atoms. The summed E-state index contributed by atoms with van der Waals surface area (Å²) >= 11 is 0. The van der Waals surface area contributed by atoms with Gasteiger partial charge in [0.25, 0.3) is 5.56 Å². The van der Waals surface area contributed by atoms with Crippen LogP contribution in [0.1, 0.15) is 26.7 Å². The molecule has 0 saturated carbocycles. The van der Waals surface area contributed by atoms with Gasteiger partial charge in [0.2, 0.25) is 0 Å². The maximum atomic E-state index is 12.3. The second-order valence-electron chi connectivity index (χ2n) is 5.02. The predicted octanol–water partition coefficient (Wildman–Crippen LogP) is 0.101. The van der Waals surface area contributed by atoms with E-state index >= 15 is 0 Å². The fourth-order valence-electron chi connectivity index (χ4n) is 2.11. The van der Waals surface area contributed by atoms with Crippen LogP contribution in [0.25, 0.3) is 0 Å². The fourth-order valence-corrected chi connectivity index (χ4v) is 2.11. The van der Waals surface area contributed by atoms with E-state index in [1.807, 2.05) is 13.8 Å². The Kier molecular flexibility index (Phi) is 7.33. The Labute approximate surface area is 134 Å². The van der Waals surface area contributed by atoms with Crippen LogP contribution in [0.2, 0.25) is 0 Å². The minimum absolute atomic E-state index is 0.0247. The summed E-state index contributed by atoms with van der Waals surface area (Å²) in [6.45, 7) is 4.99. The Morgan fingerprint density at radius 1 is 1.35 bits per heavy atom. The molecule has 0 fully saturated rings. The lowest BCUT2D eigenvalue weighted by Crippen LogP contribution is -2.47. The van der Waals surface area contributed by atoms with Gasteiger partial charge in [0, 0.05) is 20.2 Å². The molecule has 0 radical (unpaired) electrons. The van der Waals surface area contributed by atoms with E-state index in [1.165, 1.54) is 16.6 Å². The summed E-state index contributed by atoms with van der Waals surface area (Å²) in [4.78, 5) is 39.8. The first-order valence-corrected chi connectivity index (χ1v) is 7.64. The van der Waals surface area contributed by atoms with Crippen LogP contribution in [0, 0.1) is 0 Å². The van der Waals surface area contributed by atoms with Gasteiger partial charge in [0.1, 0.15) is 5.82 Å². The third kappa shape index (κ3) is 4.59. The number of aromatic amines is 1. The highest BCUT2D eigenvalue weighted by Crippen LogP contribution is 2.16. The van der Waals surface area contributed by atoms with Gasteiger partial charge < -0.3 is 15.8 Å². The molecular formula is C14H25N5O4. The standard InChI is InChI=1S/C14H25N5O4/c1-4-6-16-13(21)18(8-9-23-3)10-11(15)19(7-5-2)14(22)17-12(10)20/h4-9,15H2,1-3H3,(H,16,21)(H,17,20,22). The average molecular weight is 327 g/mol. The first kappa shape index (κ1) is 18.8. The minimum Gasteiger partial charge on any atom is -0.383 e. The highest BCUT2D eigenvalue weighted by atomic mass is 16.5. The van der Waals surface area contributed by atoms with Gasteiger partial charge >= 0.3 is 11.7 Å². The van der Waals surface area contributed by atoms with Crippen LogP contribution >= 0.6 is 0 Å². The molecule has 1 heterocycles. The summed E-state index contributed by atoms with van der Waals surface area (Å²) in [5.74, 6) is -0.0247. The maximum Gasteiger partial charge on any atom is 0.330 e. The van der Waals surface area contributed by atoms with Gasteiger partial charge in [-0.3, -0.25) is 19.2 Å².